The second kappa shape index (κ2) is 6.37. The first kappa shape index (κ1) is 14.3. The van der Waals surface area contributed by atoms with E-state index in [-0.39, 0.29) is 6.04 Å². The average Bonchev–Trinajstić information content (AvgIpc) is 2.77. The first-order valence-electron chi connectivity index (χ1n) is 5.24. The lowest BCUT2D eigenvalue weighted by atomic mass is 10.0. The highest BCUT2D eigenvalue weighted by molar-refractivity contribution is 9.11. The highest BCUT2D eigenvalue weighted by Crippen LogP contribution is 2.29. The molecule has 0 aliphatic heterocycles. The summed E-state index contributed by atoms with van der Waals surface area (Å²) in [6, 6.07) is 7.75. The van der Waals surface area contributed by atoms with Crippen LogP contribution in [0.3, 0.4) is 0 Å². The zero-order valence-electron chi connectivity index (χ0n) is 9.29. The largest absolute Gasteiger partial charge is 0.271 e. The Balaban J connectivity index is 2.17. The van der Waals surface area contributed by atoms with Gasteiger partial charge in [0.1, 0.15) is 0 Å². The summed E-state index contributed by atoms with van der Waals surface area (Å²) in [5, 5.41) is 3.21. The van der Waals surface area contributed by atoms with Crippen LogP contribution in [-0.2, 0) is 6.42 Å². The molecule has 0 saturated carbocycles. The lowest BCUT2D eigenvalue weighted by Gasteiger charge is -2.15. The molecule has 0 spiro atoms. The average molecular weight is 366 g/mol. The van der Waals surface area contributed by atoms with Gasteiger partial charge in [0.25, 0.3) is 0 Å². The van der Waals surface area contributed by atoms with E-state index in [2.05, 4.69) is 32.8 Å². The monoisotopic (exact) mass is 364 g/mol. The summed E-state index contributed by atoms with van der Waals surface area (Å²) >= 11 is 17.0. The van der Waals surface area contributed by atoms with Gasteiger partial charge in [-0.2, -0.15) is 0 Å². The molecule has 0 amide bonds. The maximum atomic E-state index is 6.00. The summed E-state index contributed by atoms with van der Waals surface area (Å²) in [6.07, 6.45) is 0.760. The summed E-state index contributed by atoms with van der Waals surface area (Å²) in [7, 11) is 0. The van der Waals surface area contributed by atoms with Crippen molar-refractivity contribution in [1.29, 1.82) is 0 Å². The number of hydrogen-bond donors (Lipinski definition) is 2. The molecule has 3 N–H and O–H groups in total. The van der Waals surface area contributed by atoms with Gasteiger partial charge in [-0.3, -0.25) is 11.3 Å². The second-order valence-electron chi connectivity index (χ2n) is 3.86. The van der Waals surface area contributed by atoms with Gasteiger partial charge in [-0.25, -0.2) is 0 Å². The zero-order valence-corrected chi connectivity index (χ0v) is 13.2. The van der Waals surface area contributed by atoms with Crippen LogP contribution in [0.1, 0.15) is 17.2 Å². The molecule has 2 nitrogen and oxygen atoms in total. The minimum absolute atomic E-state index is 0.0600. The van der Waals surface area contributed by atoms with Gasteiger partial charge in [-0.15, -0.1) is 11.3 Å². The number of rotatable bonds is 4. The van der Waals surface area contributed by atoms with Crippen LogP contribution in [-0.4, -0.2) is 0 Å². The molecule has 0 saturated heterocycles. The van der Waals surface area contributed by atoms with E-state index in [1.165, 1.54) is 0 Å². The van der Waals surface area contributed by atoms with Crippen molar-refractivity contribution >= 4 is 50.5 Å². The maximum absolute atomic E-state index is 6.00. The molecule has 1 atom stereocenters. The molecule has 2 aromatic rings. The van der Waals surface area contributed by atoms with Crippen molar-refractivity contribution in [1.82, 2.24) is 5.43 Å². The van der Waals surface area contributed by atoms with Crippen LogP contribution in [0.4, 0.5) is 0 Å². The molecule has 1 aromatic heterocycles. The fourth-order valence-electron chi connectivity index (χ4n) is 1.68. The first-order valence-corrected chi connectivity index (χ1v) is 7.67. The number of nitrogens with two attached hydrogens (primary N) is 1. The topological polar surface area (TPSA) is 38.0 Å². The van der Waals surface area contributed by atoms with Crippen LogP contribution in [0.5, 0.6) is 0 Å². The zero-order chi connectivity index (χ0) is 13.1. The maximum Gasteiger partial charge on any atom is 0.0701 e. The normalized spacial score (nSPS) is 12.7. The quantitative estimate of drug-likeness (QED) is 0.615. The molecule has 1 heterocycles. The summed E-state index contributed by atoms with van der Waals surface area (Å²) in [4.78, 5) is 0. The van der Waals surface area contributed by atoms with Gasteiger partial charge in [0.2, 0.25) is 0 Å². The molecular weight excluding hydrogens is 355 g/mol. The van der Waals surface area contributed by atoms with Crippen LogP contribution in [0.15, 0.2) is 33.4 Å². The summed E-state index contributed by atoms with van der Waals surface area (Å²) < 4.78 is 1.09. The summed E-state index contributed by atoms with van der Waals surface area (Å²) in [5.74, 6) is 5.61. The molecule has 0 radical (unpaired) electrons. The third-order valence-electron chi connectivity index (χ3n) is 2.62. The lowest BCUT2D eigenvalue weighted by Crippen LogP contribution is -2.29. The molecule has 2 rings (SSSR count). The third kappa shape index (κ3) is 3.47. The van der Waals surface area contributed by atoms with Crippen molar-refractivity contribution in [3.05, 3.63) is 54.6 Å². The second-order valence-corrected chi connectivity index (χ2v) is 6.96. The highest BCUT2D eigenvalue weighted by atomic mass is 79.9. The van der Waals surface area contributed by atoms with Crippen LogP contribution in [0.25, 0.3) is 0 Å². The number of thiophene rings is 1. The molecule has 6 heteroatoms. The van der Waals surface area contributed by atoms with Gasteiger partial charge >= 0.3 is 0 Å². The molecule has 0 aliphatic rings. The fraction of sp³-hybridized carbons (Fsp3) is 0.167. The van der Waals surface area contributed by atoms with E-state index < -0.39 is 0 Å². The first-order chi connectivity index (χ1) is 8.60. The number of benzene rings is 1. The third-order valence-corrected chi connectivity index (χ3v) is 4.88. The standard InChI is InChI=1S/C12H11BrCl2N2S/c13-12-5-8(6-18-12)11(17-16)4-7-1-2-9(14)10(15)3-7/h1-3,5-6,11,17H,4,16H2. The van der Waals surface area contributed by atoms with Gasteiger partial charge in [-0.1, -0.05) is 29.3 Å². The molecule has 1 unspecified atom stereocenters. The number of hydrogen-bond acceptors (Lipinski definition) is 3. The van der Waals surface area contributed by atoms with Crippen molar-refractivity contribution in [2.75, 3.05) is 0 Å². The Morgan fingerprint density at radius 3 is 2.61 bits per heavy atom. The SMILES string of the molecule is NNC(Cc1ccc(Cl)c(Cl)c1)c1csc(Br)c1. The van der Waals surface area contributed by atoms with Gasteiger partial charge in [-0.05, 0) is 57.1 Å². The van der Waals surface area contributed by atoms with Crippen LogP contribution in [0.2, 0.25) is 10.0 Å². The molecule has 1 aromatic carbocycles. The van der Waals surface area contributed by atoms with Gasteiger partial charge in [0.05, 0.1) is 19.9 Å². The van der Waals surface area contributed by atoms with E-state index in [4.69, 9.17) is 29.0 Å². The van der Waals surface area contributed by atoms with Gasteiger partial charge in [0, 0.05) is 0 Å². The molecular formula is C12H11BrCl2N2S. The minimum Gasteiger partial charge on any atom is -0.271 e. The van der Waals surface area contributed by atoms with E-state index in [1.54, 1.807) is 17.4 Å². The van der Waals surface area contributed by atoms with Gasteiger partial charge in [0.15, 0.2) is 0 Å². The van der Waals surface area contributed by atoms with Crippen molar-refractivity contribution in [3.8, 4) is 0 Å². The fourth-order valence-corrected chi connectivity index (χ4v) is 3.23. The number of hydrazine groups is 1. The molecule has 18 heavy (non-hydrogen) atoms. The van der Waals surface area contributed by atoms with E-state index >= 15 is 0 Å². The lowest BCUT2D eigenvalue weighted by molar-refractivity contribution is 0.553. The van der Waals surface area contributed by atoms with Crippen LogP contribution < -0.4 is 11.3 Å². The predicted molar refractivity (Wildman–Crippen MR) is 82.2 cm³/mol. The van der Waals surface area contributed by atoms with Crippen LogP contribution >= 0.6 is 50.5 Å². The highest BCUT2D eigenvalue weighted by Gasteiger charge is 2.13. The van der Waals surface area contributed by atoms with Crippen LogP contribution in [0, 0.1) is 0 Å². The summed E-state index contributed by atoms with van der Waals surface area (Å²) in [6.45, 7) is 0. The van der Waals surface area contributed by atoms with E-state index in [9.17, 15) is 0 Å². The molecule has 0 bridgehead atoms. The van der Waals surface area contributed by atoms with E-state index in [0.29, 0.717) is 10.0 Å². The Labute approximate surface area is 128 Å². The van der Waals surface area contributed by atoms with Crippen molar-refractivity contribution in [2.24, 2.45) is 5.84 Å². The predicted octanol–water partition coefficient (Wildman–Crippen LogP) is 4.56. The van der Waals surface area contributed by atoms with Crippen molar-refractivity contribution in [3.63, 3.8) is 0 Å². The number of nitrogens with one attached hydrogen (secondary N) is 1. The van der Waals surface area contributed by atoms with Crippen molar-refractivity contribution < 1.29 is 0 Å². The smallest absolute Gasteiger partial charge is 0.0701 e. The van der Waals surface area contributed by atoms with Crippen molar-refractivity contribution in [2.45, 2.75) is 12.5 Å². The van der Waals surface area contributed by atoms with E-state index in [1.807, 2.05) is 12.1 Å². The Kier molecular flexibility index (Phi) is 5.06. The summed E-state index contributed by atoms with van der Waals surface area (Å²) in [5.41, 5.74) is 5.07. The number of halogens is 3. The van der Waals surface area contributed by atoms with Gasteiger partial charge < -0.3 is 0 Å². The molecule has 0 fully saturated rings. The molecule has 0 aliphatic carbocycles. The molecule has 96 valence electrons. The van der Waals surface area contributed by atoms with E-state index in [0.717, 1.165) is 21.3 Å². The Bertz CT molecular complexity index is 545. The Morgan fingerprint density at radius 1 is 1.28 bits per heavy atom. The Hall–Kier alpha value is -0.100. The minimum atomic E-state index is 0.0600. The Morgan fingerprint density at radius 2 is 2.06 bits per heavy atom.